The fourth-order valence-electron chi connectivity index (χ4n) is 0.945. The number of nitrogens with one attached hydrogen (secondary N) is 1. The summed E-state index contributed by atoms with van der Waals surface area (Å²) in [5, 5.41) is 6.80. The van der Waals surface area contributed by atoms with Gasteiger partial charge in [0.15, 0.2) is 0 Å². The maximum absolute atomic E-state index is 6.80. The highest BCUT2D eigenvalue weighted by Gasteiger charge is 1.91. The predicted molar refractivity (Wildman–Crippen MR) is 63.8 cm³/mol. The third-order valence-electron chi connectivity index (χ3n) is 1.59. The number of rotatable bonds is 10. The van der Waals surface area contributed by atoms with E-state index in [9.17, 15) is 0 Å². The molecule has 0 saturated heterocycles. The van der Waals surface area contributed by atoms with Crippen LogP contribution in [-0.4, -0.2) is 24.5 Å². The van der Waals surface area contributed by atoms with E-state index >= 15 is 0 Å². The third-order valence-corrected chi connectivity index (χ3v) is 3.47. The van der Waals surface area contributed by atoms with Crippen molar-refractivity contribution < 1.29 is 4.74 Å². The Hall–Kier alpha value is 0.330. The Morgan fingerprint density at radius 2 is 2.00 bits per heavy atom. The summed E-state index contributed by atoms with van der Waals surface area (Å²) in [6.45, 7) is 3.79. The van der Waals surface area contributed by atoms with E-state index in [0.29, 0.717) is 0 Å². The van der Waals surface area contributed by atoms with Crippen LogP contribution in [0.5, 0.6) is 0 Å². The molecule has 0 radical (unpaired) electrons. The van der Waals surface area contributed by atoms with E-state index in [4.69, 9.17) is 10.1 Å². The van der Waals surface area contributed by atoms with E-state index in [1.54, 1.807) is 10.8 Å². The Kier molecular flexibility index (Phi) is 12.6. The number of unbranched alkanes of at least 4 members (excludes halogenated alkanes) is 3. The molecule has 0 aromatic rings. The summed E-state index contributed by atoms with van der Waals surface area (Å²) in [6, 6.07) is 0. The largest absolute Gasteiger partial charge is 0.382 e. The van der Waals surface area contributed by atoms with Crippen molar-refractivity contribution in [3.8, 4) is 0 Å². The maximum Gasteiger partial charge on any atom is 0.0614 e. The molecule has 0 amide bonds. The summed E-state index contributed by atoms with van der Waals surface area (Å²) >= 11 is 0. The van der Waals surface area contributed by atoms with Gasteiger partial charge < -0.3 is 10.1 Å². The lowest BCUT2D eigenvalue weighted by molar-refractivity contribution is 0.143. The van der Waals surface area contributed by atoms with E-state index in [1.165, 1.54) is 42.0 Å². The van der Waals surface area contributed by atoms with E-state index < -0.39 is 0 Å². The van der Waals surface area contributed by atoms with Crippen LogP contribution in [0.4, 0.5) is 0 Å². The average Bonchev–Trinajstić information content (AvgIpc) is 2.16. The Bertz CT molecular complexity index is 112. The van der Waals surface area contributed by atoms with Crippen LogP contribution in [0.2, 0.25) is 0 Å². The zero-order valence-corrected chi connectivity index (χ0v) is 9.88. The summed E-state index contributed by atoms with van der Waals surface area (Å²) in [7, 11) is 3.28. The second-order valence-corrected chi connectivity index (χ2v) is 5.00. The van der Waals surface area contributed by atoms with Gasteiger partial charge in [-0.3, -0.25) is 0 Å². The molecule has 0 unspecified atom stereocenters. The lowest BCUT2D eigenvalue weighted by Gasteiger charge is -2.00. The SMILES string of the molecule is CCOCCCCCCSSC=N. The van der Waals surface area contributed by atoms with Crippen molar-refractivity contribution in [1.29, 1.82) is 5.41 Å². The van der Waals surface area contributed by atoms with Gasteiger partial charge in [-0.05, 0) is 30.6 Å². The van der Waals surface area contributed by atoms with Crippen molar-refractivity contribution in [3.63, 3.8) is 0 Å². The molecule has 2 nitrogen and oxygen atoms in total. The molecule has 0 rings (SSSR count). The second kappa shape index (κ2) is 12.3. The molecule has 0 aliphatic rings. The molecule has 0 aromatic carbocycles. The van der Waals surface area contributed by atoms with Crippen LogP contribution >= 0.6 is 21.6 Å². The first-order valence-electron chi connectivity index (χ1n) is 4.76. The van der Waals surface area contributed by atoms with Crippen molar-refractivity contribution in [2.45, 2.75) is 32.6 Å². The van der Waals surface area contributed by atoms with E-state index in [2.05, 4.69) is 0 Å². The fourth-order valence-corrected chi connectivity index (χ4v) is 2.28. The van der Waals surface area contributed by atoms with Gasteiger partial charge in [0.2, 0.25) is 0 Å². The second-order valence-electron chi connectivity index (χ2n) is 2.65. The van der Waals surface area contributed by atoms with Crippen LogP contribution < -0.4 is 0 Å². The summed E-state index contributed by atoms with van der Waals surface area (Å²) < 4.78 is 5.24. The number of ether oxygens (including phenoxy) is 1. The van der Waals surface area contributed by atoms with Gasteiger partial charge in [-0.2, -0.15) is 0 Å². The molecule has 0 atom stereocenters. The van der Waals surface area contributed by atoms with Gasteiger partial charge in [-0.15, -0.1) is 0 Å². The average molecular weight is 221 g/mol. The summed E-state index contributed by atoms with van der Waals surface area (Å²) in [5.74, 6) is 1.16. The van der Waals surface area contributed by atoms with Gasteiger partial charge in [-0.1, -0.05) is 23.6 Å². The molecule has 1 N–H and O–H groups in total. The Labute approximate surface area is 89.1 Å². The number of hydrogen-bond donors (Lipinski definition) is 1. The Balaban J connectivity index is 2.79. The van der Waals surface area contributed by atoms with Crippen LogP contribution in [0, 0.1) is 5.41 Å². The van der Waals surface area contributed by atoms with Crippen LogP contribution in [-0.2, 0) is 4.74 Å². The lowest BCUT2D eigenvalue weighted by Crippen LogP contribution is -1.93. The van der Waals surface area contributed by atoms with Crippen molar-refractivity contribution in [3.05, 3.63) is 0 Å². The highest BCUT2D eigenvalue weighted by Crippen LogP contribution is 2.19. The highest BCUT2D eigenvalue weighted by molar-refractivity contribution is 8.81. The molecule has 0 heterocycles. The fraction of sp³-hybridized carbons (Fsp3) is 0.889. The molecule has 0 saturated carbocycles. The molecule has 0 bridgehead atoms. The molecule has 0 spiro atoms. The Morgan fingerprint density at radius 1 is 1.23 bits per heavy atom. The molecule has 0 aliphatic heterocycles. The van der Waals surface area contributed by atoms with Crippen molar-refractivity contribution in [2.75, 3.05) is 19.0 Å². The molecule has 4 heteroatoms. The predicted octanol–water partition coefficient (Wildman–Crippen LogP) is 3.57. The van der Waals surface area contributed by atoms with E-state index in [-0.39, 0.29) is 0 Å². The van der Waals surface area contributed by atoms with Gasteiger partial charge in [-0.25, -0.2) is 0 Å². The van der Waals surface area contributed by atoms with Gasteiger partial charge >= 0.3 is 0 Å². The first-order valence-corrected chi connectivity index (χ1v) is 7.15. The minimum absolute atomic E-state index is 0.839. The summed E-state index contributed by atoms with van der Waals surface area (Å²) in [6.07, 6.45) is 5.02. The van der Waals surface area contributed by atoms with Crippen LogP contribution in [0.3, 0.4) is 0 Å². The first-order chi connectivity index (χ1) is 6.41. The smallest absolute Gasteiger partial charge is 0.0614 e. The van der Waals surface area contributed by atoms with Crippen molar-refractivity contribution in [1.82, 2.24) is 0 Å². The van der Waals surface area contributed by atoms with Crippen molar-refractivity contribution in [2.24, 2.45) is 0 Å². The molecular weight excluding hydrogens is 202 g/mol. The minimum atomic E-state index is 0.839. The van der Waals surface area contributed by atoms with Gasteiger partial charge in [0, 0.05) is 19.0 Å². The molecule has 0 aliphatic carbocycles. The molecule has 0 fully saturated rings. The summed E-state index contributed by atoms with van der Waals surface area (Å²) in [5.41, 5.74) is 1.39. The minimum Gasteiger partial charge on any atom is -0.382 e. The van der Waals surface area contributed by atoms with Crippen LogP contribution in [0.1, 0.15) is 32.6 Å². The van der Waals surface area contributed by atoms with Gasteiger partial charge in [0.25, 0.3) is 0 Å². The standard InChI is InChI=1S/C9H19NOS2/c1-2-11-7-5-3-4-6-8-12-13-9-10/h9-10H,2-8H2,1H3. The Morgan fingerprint density at radius 3 is 2.69 bits per heavy atom. The maximum atomic E-state index is 6.80. The highest BCUT2D eigenvalue weighted by atomic mass is 33.1. The summed E-state index contributed by atoms with van der Waals surface area (Å²) in [4.78, 5) is 0. The molecule has 0 aromatic heterocycles. The van der Waals surface area contributed by atoms with Crippen LogP contribution in [0.15, 0.2) is 0 Å². The topological polar surface area (TPSA) is 33.1 Å². The van der Waals surface area contributed by atoms with Gasteiger partial charge in [0.05, 0.1) is 5.55 Å². The molecular formula is C9H19NOS2. The lowest BCUT2D eigenvalue weighted by atomic mass is 10.2. The number of hydrogen-bond acceptors (Lipinski definition) is 4. The zero-order chi connectivity index (χ0) is 9.78. The zero-order valence-electron chi connectivity index (χ0n) is 8.25. The quantitative estimate of drug-likeness (QED) is 0.265. The van der Waals surface area contributed by atoms with Gasteiger partial charge in [0.1, 0.15) is 0 Å². The first kappa shape index (κ1) is 13.3. The third kappa shape index (κ3) is 12.3. The van der Waals surface area contributed by atoms with Crippen LogP contribution in [0.25, 0.3) is 0 Å². The van der Waals surface area contributed by atoms with E-state index in [1.807, 2.05) is 6.92 Å². The van der Waals surface area contributed by atoms with Crippen molar-refractivity contribution >= 4 is 27.1 Å². The molecule has 78 valence electrons. The van der Waals surface area contributed by atoms with E-state index in [0.717, 1.165) is 19.0 Å². The normalized spacial score (nSPS) is 10.2. The molecule has 13 heavy (non-hydrogen) atoms. The monoisotopic (exact) mass is 221 g/mol.